The molecule has 0 aromatic heterocycles. The highest BCUT2D eigenvalue weighted by atomic mass is 19.3. The molecule has 3 atom stereocenters. The Balaban J connectivity index is 1.93. The van der Waals surface area contributed by atoms with Crippen LogP contribution in [-0.2, 0) is 9.63 Å². The van der Waals surface area contributed by atoms with Crippen molar-refractivity contribution in [2.75, 3.05) is 14.2 Å². The van der Waals surface area contributed by atoms with Crippen molar-refractivity contribution in [3.05, 3.63) is 0 Å². The van der Waals surface area contributed by atoms with Gasteiger partial charge in [-0.05, 0) is 11.8 Å². The number of rotatable bonds is 2. The number of fused-ring (bicyclic) bond motifs is 1. The summed E-state index contributed by atoms with van der Waals surface area (Å²) in [4.78, 5) is 16.2. The summed E-state index contributed by atoms with van der Waals surface area (Å²) in [5, 5.41) is 1.13. The Morgan fingerprint density at radius 3 is 2.36 bits per heavy atom. The van der Waals surface area contributed by atoms with Gasteiger partial charge in [0.1, 0.15) is 0 Å². The van der Waals surface area contributed by atoms with Crippen LogP contribution in [0.1, 0.15) is 12.8 Å². The molecule has 80 valence electrons. The van der Waals surface area contributed by atoms with Crippen LogP contribution >= 0.6 is 0 Å². The minimum absolute atomic E-state index is 0.116. The van der Waals surface area contributed by atoms with E-state index in [1.165, 1.54) is 14.2 Å². The molecule has 2 saturated carbocycles. The second-order valence-corrected chi connectivity index (χ2v) is 4.14. The van der Waals surface area contributed by atoms with E-state index in [1.807, 2.05) is 0 Å². The van der Waals surface area contributed by atoms with E-state index in [2.05, 4.69) is 0 Å². The summed E-state index contributed by atoms with van der Waals surface area (Å²) in [5.41, 5.74) is 0. The maximum Gasteiger partial charge on any atom is 0.249 e. The lowest BCUT2D eigenvalue weighted by atomic mass is 10.1. The molecular weight excluding hydrogens is 192 g/mol. The zero-order valence-corrected chi connectivity index (χ0v) is 8.17. The van der Waals surface area contributed by atoms with Gasteiger partial charge in [0.15, 0.2) is 0 Å². The molecule has 2 rings (SSSR count). The number of hydroxylamine groups is 2. The van der Waals surface area contributed by atoms with Crippen LogP contribution in [0.3, 0.4) is 0 Å². The number of alkyl halides is 2. The van der Waals surface area contributed by atoms with Gasteiger partial charge in [-0.25, -0.2) is 13.8 Å². The van der Waals surface area contributed by atoms with E-state index in [0.717, 1.165) is 5.06 Å². The summed E-state index contributed by atoms with van der Waals surface area (Å²) < 4.78 is 25.6. The van der Waals surface area contributed by atoms with Gasteiger partial charge in [0, 0.05) is 25.8 Å². The Kier molecular flexibility index (Phi) is 2.03. The van der Waals surface area contributed by atoms with Crippen molar-refractivity contribution in [2.45, 2.75) is 18.8 Å². The highest BCUT2D eigenvalue weighted by molar-refractivity contribution is 5.81. The predicted molar refractivity (Wildman–Crippen MR) is 44.4 cm³/mol. The first kappa shape index (κ1) is 9.83. The molecule has 0 spiro atoms. The number of halogens is 2. The third-order valence-electron chi connectivity index (χ3n) is 3.27. The molecule has 0 N–H and O–H groups in total. The Bertz CT molecular complexity index is 256. The van der Waals surface area contributed by atoms with Crippen LogP contribution in [0.2, 0.25) is 0 Å². The molecule has 1 unspecified atom stereocenters. The first-order chi connectivity index (χ1) is 6.46. The first-order valence-corrected chi connectivity index (χ1v) is 4.66. The summed E-state index contributed by atoms with van der Waals surface area (Å²) >= 11 is 0. The van der Waals surface area contributed by atoms with Crippen LogP contribution in [-0.4, -0.2) is 31.1 Å². The number of amides is 1. The Morgan fingerprint density at radius 1 is 1.43 bits per heavy atom. The lowest BCUT2D eigenvalue weighted by Crippen LogP contribution is -2.30. The minimum Gasteiger partial charge on any atom is -0.275 e. The van der Waals surface area contributed by atoms with E-state index >= 15 is 0 Å². The van der Waals surface area contributed by atoms with Gasteiger partial charge in [0.05, 0.1) is 7.11 Å². The molecule has 2 fully saturated rings. The van der Waals surface area contributed by atoms with E-state index < -0.39 is 5.92 Å². The molecule has 0 saturated heterocycles. The second kappa shape index (κ2) is 2.89. The Hall–Kier alpha value is -0.710. The molecule has 0 bridgehead atoms. The van der Waals surface area contributed by atoms with Crippen molar-refractivity contribution < 1.29 is 18.4 Å². The molecule has 3 nitrogen and oxygen atoms in total. The summed E-state index contributed by atoms with van der Waals surface area (Å²) in [7, 11) is 2.90. The molecule has 2 aliphatic rings. The standard InChI is InChI=1S/C9H13F2NO2/c1-12(14-2)8(13)7-5-3-9(10,11)4-6(5)7/h5-7H,3-4H2,1-2H3/t5-,6+,7?. The van der Waals surface area contributed by atoms with E-state index in [9.17, 15) is 13.6 Å². The summed E-state index contributed by atoms with van der Waals surface area (Å²) in [6.45, 7) is 0. The van der Waals surface area contributed by atoms with E-state index in [4.69, 9.17) is 4.84 Å². The van der Waals surface area contributed by atoms with Crippen molar-refractivity contribution in [3.8, 4) is 0 Å². The van der Waals surface area contributed by atoms with Crippen LogP contribution in [0, 0.1) is 17.8 Å². The molecule has 0 heterocycles. The van der Waals surface area contributed by atoms with Gasteiger partial charge in [-0.3, -0.25) is 9.63 Å². The monoisotopic (exact) mass is 205 g/mol. The van der Waals surface area contributed by atoms with Gasteiger partial charge >= 0.3 is 0 Å². The lowest BCUT2D eigenvalue weighted by Gasteiger charge is -2.17. The molecule has 1 amide bonds. The van der Waals surface area contributed by atoms with Crippen molar-refractivity contribution in [2.24, 2.45) is 17.8 Å². The van der Waals surface area contributed by atoms with Crippen molar-refractivity contribution in [3.63, 3.8) is 0 Å². The number of nitrogens with zero attached hydrogens (tertiary/aromatic N) is 1. The third kappa shape index (κ3) is 1.39. The fraction of sp³-hybridized carbons (Fsp3) is 0.889. The van der Waals surface area contributed by atoms with Gasteiger partial charge in [0.2, 0.25) is 11.8 Å². The molecule has 0 aromatic carbocycles. The van der Waals surface area contributed by atoms with Crippen LogP contribution in [0.15, 0.2) is 0 Å². The van der Waals surface area contributed by atoms with Gasteiger partial charge in [-0.1, -0.05) is 0 Å². The quantitative estimate of drug-likeness (QED) is 0.636. The highest BCUT2D eigenvalue weighted by Crippen LogP contribution is 2.62. The zero-order chi connectivity index (χ0) is 10.5. The maximum atomic E-state index is 12.8. The average molecular weight is 205 g/mol. The van der Waals surface area contributed by atoms with E-state index in [-0.39, 0.29) is 36.5 Å². The van der Waals surface area contributed by atoms with Crippen molar-refractivity contribution >= 4 is 5.91 Å². The van der Waals surface area contributed by atoms with Crippen LogP contribution in [0.5, 0.6) is 0 Å². The fourth-order valence-electron chi connectivity index (χ4n) is 2.44. The van der Waals surface area contributed by atoms with Crippen LogP contribution in [0.4, 0.5) is 8.78 Å². The lowest BCUT2D eigenvalue weighted by molar-refractivity contribution is -0.171. The van der Waals surface area contributed by atoms with Crippen LogP contribution < -0.4 is 0 Å². The largest absolute Gasteiger partial charge is 0.275 e. The van der Waals surface area contributed by atoms with Crippen molar-refractivity contribution in [1.82, 2.24) is 5.06 Å². The Labute approximate surface area is 81.0 Å². The topological polar surface area (TPSA) is 29.5 Å². The average Bonchev–Trinajstić information content (AvgIpc) is 2.63. The van der Waals surface area contributed by atoms with Crippen molar-refractivity contribution in [1.29, 1.82) is 0 Å². The molecular formula is C9H13F2NO2. The molecule has 2 aliphatic carbocycles. The van der Waals surface area contributed by atoms with E-state index in [1.54, 1.807) is 0 Å². The van der Waals surface area contributed by atoms with E-state index in [0.29, 0.717) is 0 Å². The molecule has 0 radical (unpaired) electrons. The third-order valence-corrected chi connectivity index (χ3v) is 3.27. The highest BCUT2D eigenvalue weighted by Gasteiger charge is 2.66. The summed E-state index contributed by atoms with van der Waals surface area (Å²) in [5.74, 6) is -3.17. The smallest absolute Gasteiger partial charge is 0.249 e. The number of hydrogen-bond acceptors (Lipinski definition) is 2. The first-order valence-electron chi connectivity index (χ1n) is 4.66. The predicted octanol–water partition coefficient (Wildman–Crippen LogP) is 1.30. The molecule has 0 aromatic rings. The zero-order valence-electron chi connectivity index (χ0n) is 8.17. The Morgan fingerprint density at radius 2 is 1.93 bits per heavy atom. The summed E-state index contributed by atoms with van der Waals surface area (Å²) in [6, 6.07) is 0. The molecule has 0 aliphatic heterocycles. The van der Waals surface area contributed by atoms with Gasteiger partial charge in [-0.2, -0.15) is 0 Å². The normalized spacial score (nSPS) is 37.9. The van der Waals surface area contributed by atoms with Gasteiger partial charge in [-0.15, -0.1) is 0 Å². The number of carbonyl (C=O) groups excluding carboxylic acids is 1. The number of hydrogen-bond donors (Lipinski definition) is 0. The van der Waals surface area contributed by atoms with Crippen LogP contribution in [0.25, 0.3) is 0 Å². The second-order valence-electron chi connectivity index (χ2n) is 4.14. The fourth-order valence-corrected chi connectivity index (χ4v) is 2.44. The SMILES string of the molecule is CON(C)C(=O)C1[C@H]2CC(F)(F)C[C@@H]12. The summed E-state index contributed by atoms with van der Waals surface area (Å²) in [6.07, 6.45) is -0.267. The molecule has 5 heteroatoms. The number of carbonyl (C=O) groups is 1. The molecule has 14 heavy (non-hydrogen) atoms. The van der Waals surface area contributed by atoms with Gasteiger partial charge in [0.25, 0.3) is 0 Å². The van der Waals surface area contributed by atoms with Gasteiger partial charge < -0.3 is 0 Å². The maximum absolute atomic E-state index is 12.8. The minimum atomic E-state index is -2.54.